The van der Waals surface area contributed by atoms with Gasteiger partial charge in [-0.15, -0.1) is 0 Å². The monoisotopic (exact) mass is 292 g/mol. The molecular weight excluding hydrogens is 290 g/mol. The number of rotatable bonds is 1. The maximum atomic E-state index is 13.4. The molecule has 1 N–H and O–H groups in total. The lowest BCUT2D eigenvalue weighted by atomic mass is 10.1. The second-order valence-electron chi connectivity index (χ2n) is 3.60. The number of anilines is 1. The number of hydrogen-bond donors (Lipinski definition) is 1. The average Bonchev–Trinajstić information content (AvgIpc) is 2.28. The van der Waals surface area contributed by atoms with Gasteiger partial charge in [0.15, 0.2) is 11.3 Å². The van der Waals surface area contributed by atoms with E-state index in [1.54, 1.807) is 5.32 Å². The zero-order chi connectivity index (χ0) is 15.2. The molecule has 1 aromatic carbocycles. The summed E-state index contributed by atoms with van der Waals surface area (Å²) in [6.45, 7) is 0. The summed E-state index contributed by atoms with van der Waals surface area (Å²) in [4.78, 5) is 31.2. The van der Waals surface area contributed by atoms with E-state index >= 15 is 0 Å². The Morgan fingerprint density at radius 1 is 1.30 bits per heavy atom. The van der Waals surface area contributed by atoms with Gasteiger partial charge in [0.2, 0.25) is 0 Å². The standard InChI is InChI=1S/C9H2F4N3O4/c10-2-1-3-5(15-8(18)7(17)14-3)6(16(19)20)4(2)9(11,12)13/h1H,(H,14,17). The molecule has 0 bridgehead atoms. The Morgan fingerprint density at radius 2 is 1.90 bits per heavy atom. The van der Waals surface area contributed by atoms with Gasteiger partial charge in [-0.05, 0) is 0 Å². The van der Waals surface area contributed by atoms with Crippen molar-refractivity contribution in [1.82, 2.24) is 5.32 Å². The average molecular weight is 292 g/mol. The first-order valence-corrected chi connectivity index (χ1v) is 4.78. The molecule has 0 aliphatic carbocycles. The van der Waals surface area contributed by atoms with Gasteiger partial charge in [-0.1, -0.05) is 0 Å². The summed E-state index contributed by atoms with van der Waals surface area (Å²) in [7, 11) is 0. The van der Waals surface area contributed by atoms with Crippen molar-refractivity contribution >= 4 is 28.9 Å². The normalized spacial score (nSPS) is 14.4. The number of benzene rings is 1. The largest absolute Gasteiger partial charge is 0.425 e. The van der Waals surface area contributed by atoms with E-state index in [1.165, 1.54) is 0 Å². The van der Waals surface area contributed by atoms with E-state index in [2.05, 4.69) is 5.32 Å². The SMILES string of the molecule is O=C1[N]c2c(cc(F)c(C(F)(F)F)c2[N+](=O)[O-])NC1=O. The molecular formula is C9H2F4N3O4. The van der Waals surface area contributed by atoms with E-state index in [9.17, 15) is 37.3 Å². The van der Waals surface area contributed by atoms with Crippen LogP contribution in [0.3, 0.4) is 0 Å². The molecule has 7 nitrogen and oxygen atoms in total. The number of nitrogens with one attached hydrogen (secondary N) is 1. The number of carbonyl (C=O) groups is 2. The van der Waals surface area contributed by atoms with Crippen LogP contribution in [-0.4, -0.2) is 16.7 Å². The van der Waals surface area contributed by atoms with Gasteiger partial charge in [0.05, 0.1) is 10.6 Å². The van der Waals surface area contributed by atoms with E-state index in [0.29, 0.717) is 0 Å². The summed E-state index contributed by atoms with van der Waals surface area (Å²) in [5.74, 6) is -4.79. The maximum Gasteiger partial charge on any atom is 0.425 e. The van der Waals surface area contributed by atoms with Crippen LogP contribution in [0.4, 0.5) is 34.6 Å². The lowest BCUT2D eigenvalue weighted by Gasteiger charge is -2.18. The van der Waals surface area contributed by atoms with E-state index in [4.69, 9.17) is 0 Å². The Bertz CT molecular complexity index is 656. The van der Waals surface area contributed by atoms with Crippen molar-refractivity contribution in [3.63, 3.8) is 0 Å². The van der Waals surface area contributed by atoms with Crippen LogP contribution in [0.25, 0.3) is 0 Å². The molecule has 1 aliphatic rings. The number of hydrogen-bond acceptors (Lipinski definition) is 4. The summed E-state index contributed by atoms with van der Waals surface area (Å²) in [5.41, 5.74) is -5.59. The van der Waals surface area contributed by atoms with Crippen LogP contribution in [0.5, 0.6) is 0 Å². The molecule has 105 valence electrons. The minimum absolute atomic E-state index is 0.221. The van der Waals surface area contributed by atoms with Crippen molar-refractivity contribution in [3.8, 4) is 0 Å². The zero-order valence-corrected chi connectivity index (χ0v) is 9.12. The van der Waals surface area contributed by atoms with Crippen molar-refractivity contribution in [2.24, 2.45) is 0 Å². The molecule has 0 fully saturated rings. The first-order valence-electron chi connectivity index (χ1n) is 4.78. The lowest BCUT2D eigenvalue weighted by molar-refractivity contribution is -0.387. The van der Waals surface area contributed by atoms with Crippen molar-refractivity contribution in [2.45, 2.75) is 6.18 Å². The number of carbonyl (C=O) groups excluding carboxylic acids is 2. The van der Waals surface area contributed by atoms with Crippen molar-refractivity contribution in [1.29, 1.82) is 0 Å². The molecule has 1 aromatic rings. The molecule has 0 saturated heterocycles. The molecule has 0 spiro atoms. The van der Waals surface area contributed by atoms with Gasteiger partial charge in [0, 0.05) is 6.07 Å². The quantitative estimate of drug-likeness (QED) is 0.366. The third-order valence-electron chi connectivity index (χ3n) is 2.35. The minimum Gasteiger partial charge on any atom is -0.315 e. The van der Waals surface area contributed by atoms with Crippen LogP contribution in [0, 0.1) is 15.9 Å². The Morgan fingerprint density at radius 3 is 2.40 bits per heavy atom. The van der Waals surface area contributed by atoms with E-state index in [1.807, 2.05) is 0 Å². The predicted octanol–water partition coefficient (Wildman–Crippen LogP) is 1.47. The fourth-order valence-corrected chi connectivity index (χ4v) is 1.61. The summed E-state index contributed by atoms with van der Waals surface area (Å²) < 4.78 is 51.4. The molecule has 1 heterocycles. The van der Waals surface area contributed by atoms with Gasteiger partial charge in [-0.25, -0.2) is 4.39 Å². The summed E-state index contributed by atoms with van der Waals surface area (Å²) >= 11 is 0. The summed E-state index contributed by atoms with van der Waals surface area (Å²) in [6.07, 6.45) is -5.36. The van der Waals surface area contributed by atoms with Gasteiger partial charge >= 0.3 is 23.7 Å². The van der Waals surface area contributed by atoms with Gasteiger partial charge in [-0.2, -0.15) is 18.5 Å². The smallest absolute Gasteiger partial charge is 0.315 e. The Balaban J connectivity index is 2.81. The van der Waals surface area contributed by atoms with Crippen LogP contribution in [0.1, 0.15) is 5.56 Å². The lowest BCUT2D eigenvalue weighted by Crippen LogP contribution is -2.34. The van der Waals surface area contributed by atoms with Gasteiger partial charge < -0.3 is 5.32 Å². The zero-order valence-electron chi connectivity index (χ0n) is 9.12. The predicted molar refractivity (Wildman–Crippen MR) is 53.5 cm³/mol. The third kappa shape index (κ3) is 2.02. The Kier molecular flexibility index (Phi) is 2.84. The first-order chi connectivity index (χ1) is 9.12. The number of nitrogens with zero attached hydrogens (tertiary/aromatic N) is 2. The highest BCUT2D eigenvalue weighted by atomic mass is 19.4. The molecule has 2 amide bonds. The summed E-state index contributed by atoms with van der Waals surface area (Å²) in [5, 5.41) is 15.4. The molecule has 0 aromatic heterocycles. The molecule has 0 atom stereocenters. The summed E-state index contributed by atoms with van der Waals surface area (Å²) in [6, 6.07) is 0.221. The highest BCUT2D eigenvalue weighted by Gasteiger charge is 2.46. The van der Waals surface area contributed by atoms with Crippen molar-refractivity contribution in [3.05, 3.63) is 27.6 Å². The van der Waals surface area contributed by atoms with Crippen molar-refractivity contribution in [2.75, 3.05) is 5.32 Å². The second kappa shape index (κ2) is 4.15. The Labute approximate surface area is 106 Å². The van der Waals surface area contributed by atoms with E-state index in [-0.39, 0.29) is 6.07 Å². The topological polar surface area (TPSA) is 103 Å². The first kappa shape index (κ1) is 13.7. The minimum atomic E-state index is -5.36. The van der Waals surface area contributed by atoms with E-state index in [0.717, 1.165) is 0 Å². The fraction of sp³-hybridized carbons (Fsp3) is 0.111. The number of amides is 2. The van der Waals surface area contributed by atoms with Crippen LogP contribution in [-0.2, 0) is 15.8 Å². The maximum absolute atomic E-state index is 13.4. The number of nitro groups is 1. The number of nitro benzene ring substituents is 1. The molecule has 0 unspecified atom stereocenters. The highest BCUT2D eigenvalue weighted by Crippen LogP contribution is 2.46. The van der Waals surface area contributed by atoms with Gasteiger partial charge in [0.1, 0.15) is 5.82 Å². The van der Waals surface area contributed by atoms with E-state index < -0.39 is 51.4 Å². The van der Waals surface area contributed by atoms with Crippen LogP contribution in [0.15, 0.2) is 6.07 Å². The highest BCUT2D eigenvalue weighted by molar-refractivity contribution is 6.42. The Hall–Kier alpha value is -2.72. The van der Waals surface area contributed by atoms with Gasteiger partial charge in [-0.3, -0.25) is 19.7 Å². The van der Waals surface area contributed by atoms with Crippen LogP contribution < -0.4 is 10.6 Å². The molecule has 2 rings (SSSR count). The fourth-order valence-electron chi connectivity index (χ4n) is 1.61. The van der Waals surface area contributed by atoms with Crippen LogP contribution in [0.2, 0.25) is 0 Å². The molecule has 20 heavy (non-hydrogen) atoms. The molecule has 0 saturated carbocycles. The number of halogens is 4. The second-order valence-corrected chi connectivity index (χ2v) is 3.60. The molecule has 1 radical (unpaired) electrons. The number of fused-ring (bicyclic) bond motifs is 1. The molecule has 11 heteroatoms. The van der Waals surface area contributed by atoms with Crippen LogP contribution >= 0.6 is 0 Å². The van der Waals surface area contributed by atoms with Crippen molar-refractivity contribution < 1.29 is 32.1 Å². The molecule has 1 aliphatic heterocycles. The number of alkyl halides is 3. The van der Waals surface area contributed by atoms with Gasteiger partial charge in [0.25, 0.3) is 0 Å². The third-order valence-corrected chi connectivity index (χ3v) is 2.35.